The van der Waals surface area contributed by atoms with E-state index in [1.165, 1.54) is 26.1 Å². The third kappa shape index (κ3) is 3.87. The van der Waals surface area contributed by atoms with Gasteiger partial charge in [-0.05, 0) is 41.6 Å². The summed E-state index contributed by atoms with van der Waals surface area (Å²) >= 11 is 0. The van der Waals surface area contributed by atoms with Crippen LogP contribution in [0.5, 0.6) is 0 Å². The molecule has 0 bridgehead atoms. The number of carbonyl (C=O) groups excluding carboxylic acids is 1. The van der Waals surface area contributed by atoms with E-state index in [2.05, 4.69) is 15.8 Å². The third-order valence-electron chi connectivity index (χ3n) is 2.97. The Morgan fingerprint density at radius 2 is 1.77 bits per heavy atom. The molecule has 0 aliphatic carbocycles. The molecule has 7 nitrogen and oxygen atoms in total. The average Bonchev–Trinajstić information content (AvgIpc) is 2.49. The fourth-order valence-electron chi connectivity index (χ4n) is 1.98. The lowest BCUT2D eigenvalue weighted by atomic mass is 10.2. The number of carbonyl (C=O) groups is 1. The summed E-state index contributed by atoms with van der Waals surface area (Å²) in [5.41, 5.74) is 2.63. The highest BCUT2D eigenvalue weighted by atomic mass is 16.5. The number of hydroxylamine groups is 1. The van der Waals surface area contributed by atoms with E-state index < -0.39 is 0 Å². The Balaban J connectivity index is 2.23. The maximum atomic E-state index is 11.7. The van der Waals surface area contributed by atoms with Gasteiger partial charge in [0.15, 0.2) is 5.69 Å². The van der Waals surface area contributed by atoms with E-state index in [9.17, 15) is 14.9 Å². The van der Waals surface area contributed by atoms with Crippen molar-refractivity contribution in [2.45, 2.75) is 6.92 Å². The summed E-state index contributed by atoms with van der Waals surface area (Å²) in [6.07, 6.45) is 0. The van der Waals surface area contributed by atoms with Gasteiger partial charge in [0.2, 0.25) is 5.91 Å². The molecule has 2 rings (SSSR count). The SMILES string of the molecule is CC(=O)Nc1ccc(Nc2ccc(N=O)cc2[NH+](C)[O-])cc1. The smallest absolute Gasteiger partial charge is 0.221 e. The lowest BCUT2D eigenvalue weighted by Crippen LogP contribution is -2.98. The molecule has 114 valence electrons. The van der Waals surface area contributed by atoms with Crippen LogP contribution in [0.3, 0.4) is 0 Å². The molecule has 0 aliphatic heterocycles. The summed E-state index contributed by atoms with van der Waals surface area (Å²) in [4.78, 5) is 21.5. The van der Waals surface area contributed by atoms with E-state index in [0.29, 0.717) is 17.1 Å². The van der Waals surface area contributed by atoms with Crippen molar-refractivity contribution >= 4 is 34.3 Å². The number of nitrogens with zero attached hydrogens (tertiary/aromatic N) is 1. The fourth-order valence-corrected chi connectivity index (χ4v) is 1.98. The van der Waals surface area contributed by atoms with Crippen molar-refractivity contribution in [3.63, 3.8) is 0 Å². The van der Waals surface area contributed by atoms with Crippen LogP contribution in [-0.4, -0.2) is 13.0 Å². The number of benzene rings is 2. The van der Waals surface area contributed by atoms with Gasteiger partial charge in [0.1, 0.15) is 11.4 Å². The molecule has 0 fully saturated rings. The number of nitrogens with one attached hydrogen (secondary N) is 3. The van der Waals surface area contributed by atoms with Crippen molar-refractivity contribution in [3.05, 3.63) is 52.6 Å². The van der Waals surface area contributed by atoms with Crippen LogP contribution in [0, 0.1) is 10.1 Å². The van der Waals surface area contributed by atoms with E-state index >= 15 is 0 Å². The third-order valence-corrected chi connectivity index (χ3v) is 2.97. The van der Waals surface area contributed by atoms with Crippen molar-refractivity contribution in [2.24, 2.45) is 5.18 Å². The number of rotatable bonds is 5. The summed E-state index contributed by atoms with van der Waals surface area (Å²) in [5.74, 6) is -0.142. The molecule has 22 heavy (non-hydrogen) atoms. The molecule has 0 spiro atoms. The quantitative estimate of drug-likeness (QED) is 0.583. The first-order valence-corrected chi connectivity index (χ1v) is 6.62. The van der Waals surface area contributed by atoms with E-state index in [1.807, 2.05) is 0 Å². The van der Waals surface area contributed by atoms with E-state index in [0.717, 1.165) is 5.69 Å². The van der Waals surface area contributed by atoms with Gasteiger partial charge in [-0.2, -0.15) is 0 Å². The summed E-state index contributed by atoms with van der Waals surface area (Å²) in [6.45, 7) is 1.44. The Labute approximate surface area is 127 Å². The Bertz CT molecular complexity index is 684. The first kappa shape index (κ1) is 15.6. The Hall–Kier alpha value is -2.77. The highest BCUT2D eigenvalue weighted by Crippen LogP contribution is 2.27. The van der Waals surface area contributed by atoms with Gasteiger partial charge in [0.05, 0.1) is 7.05 Å². The van der Waals surface area contributed by atoms with Crippen LogP contribution in [0.4, 0.5) is 28.4 Å². The number of hydrogen-bond donors (Lipinski definition) is 3. The standard InChI is InChI=1S/C15H16N4O3/c1-10(20)16-11-3-5-12(6-4-11)17-14-8-7-13(18-21)9-15(14)19(2)22/h3-9,17,19H,1-2H3,(H,16,20). The van der Waals surface area contributed by atoms with Crippen LogP contribution in [0.1, 0.15) is 6.92 Å². The first-order chi connectivity index (χ1) is 10.5. The van der Waals surface area contributed by atoms with Gasteiger partial charge in [-0.1, -0.05) is 0 Å². The molecule has 2 aromatic rings. The fraction of sp³-hybridized carbons (Fsp3) is 0.133. The van der Waals surface area contributed by atoms with Crippen molar-refractivity contribution in [1.29, 1.82) is 0 Å². The second-order valence-corrected chi connectivity index (χ2v) is 4.76. The number of hydrogen-bond acceptors (Lipinski definition) is 5. The van der Waals surface area contributed by atoms with Crippen molar-refractivity contribution in [1.82, 2.24) is 0 Å². The van der Waals surface area contributed by atoms with Crippen LogP contribution in [0.25, 0.3) is 0 Å². The molecular formula is C15H16N4O3. The van der Waals surface area contributed by atoms with Crippen LogP contribution in [0.2, 0.25) is 0 Å². The molecule has 0 heterocycles. The van der Waals surface area contributed by atoms with Gasteiger partial charge in [-0.15, -0.1) is 4.91 Å². The molecule has 3 N–H and O–H groups in total. The van der Waals surface area contributed by atoms with E-state index in [-0.39, 0.29) is 16.7 Å². The first-order valence-electron chi connectivity index (χ1n) is 6.62. The zero-order valence-corrected chi connectivity index (χ0v) is 12.2. The average molecular weight is 300 g/mol. The lowest BCUT2D eigenvalue weighted by molar-refractivity contribution is -0.750. The largest absolute Gasteiger partial charge is 0.629 e. The van der Waals surface area contributed by atoms with Crippen LogP contribution >= 0.6 is 0 Å². The molecular weight excluding hydrogens is 284 g/mol. The number of anilines is 3. The Morgan fingerprint density at radius 3 is 2.32 bits per heavy atom. The van der Waals surface area contributed by atoms with Gasteiger partial charge in [0, 0.05) is 24.4 Å². The van der Waals surface area contributed by atoms with Crippen LogP contribution in [0.15, 0.2) is 47.6 Å². The maximum Gasteiger partial charge on any atom is 0.221 e. The minimum absolute atomic E-state index is 0.142. The second-order valence-electron chi connectivity index (χ2n) is 4.76. The number of quaternary nitrogens is 1. The predicted molar refractivity (Wildman–Crippen MR) is 85.8 cm³/mol. The maximum absolute atomic E-state index is 11.7. The van der Waals surface area contributed by atoms with Crippen molar-refractivity contribution in [3.8, 4) is 0 Å². The molecule has 7 heteroatoms. The minimum atomic E-state index is -0.164. The van der Waals surface area contributed by atoms with Crippen LogP contribution < -0.4 is 15.7 Å². The van der Waals surface area contributed by atoms with Gasteiger partial charge >= 0.3 is 0 Å². The van der Waals surface area contributed by atoms with Gasteiger partial charge < -0.3 is 20.9 Å². The molecule has 0 radical (unpaired) electrons. The summed E-state index contributed by atoms with van der Waals surface area (Å²) < 4.78 is 0. The molecule has 0 aliphatic rings. The molecule has 1 unspecified atom stereocenters. The lowest BCUT2D eigenvalue weighted by Gasteiger charge is -2.20. The highest BCUT2D eigenvalue weighted by Gasteiger charge is 2.09. The van der Waals surface area contributed by atoms with Crippen LogP contribution in [-0.2, 0) is 4.79 Å². The zero-order chi connectivity index (χ0) is 16.1. The summed E-state index contributed by atoms with van der Waals surface area (Å²) in [7, 11) is 1.43. The predicted octanol–water partition coefficient (Wildman–Crippen LogP) is 2.43. The van der Waals surface area contributed by atoms with E-state index in [1.54, 1.807) is 30.3 Å². The zero-order valence-electron chi connectivity index (χ0n) is 12.2. The van der Waals surface area contributed by atoms with Crippen molar-refractivity contribution < 1.29 is 9.86 Å². The van der Waals surface area contributed by atoms with Gasteiger partial charge in [-0.25, -0.2) is 0 Å². The second kappa shape index (κ2) is 6.79. The number of nitroso groups, excluding NO2 is 1. The normalized spacial score (nSPS) is 11.6. The molecule has 0 saturated heterocycles. The molecule has 1 amide bonds. The molecule has 0 aromatic heterocycles. The van der Waals surface area contributed by atoms with E-state index in [4.69, 9.17) is 0 Å². The van der Waals surface area contributed by atoms with Gasteiger partial charge in [0.25, 0.3) is 0 Å². The van der Waals surface area contributed by atoms with Gasteiger partial charge in [-0.3, -0.25) is 4.79 Å². The topological polar surface area (TPSA) is 98.1 Å². The molecule has 0 saturated carbocycles. The van der Waals surface area contributed by atoms with Crippen molar-refractivity contribution in [2.75, 3.05) is 17.7 Å². The summed E-state index contributed by atoms with van der Waals surface area (Å²) in [5, 5.41) is 20.1. The number of amides is 1. The molecule has 2 aromatic carbocycles. The monoisotopic (exact) mass is 300 g/mol. The Kier molecular flexibility index (Phi) is 4.82. The highest BCUT2D eigenvalue weighted by molar-refractivity contribution is 5.89. The summed E-state index contributed by atoms with van der Waals surface area (Å²) in [6, 6.07) is 11.7. The Morgan fingerprint density at radius 1 is 1.14 bits per heavy atom. The minimum Gasteiger partial charge on any atom is -0.629 e. The molecule has 1 atom stereocenters.